The molecule has 0 spiro atoms. The number of hydrogen-bond donors (Lipinski definition) is 3. The quantitative estimate of drug-likeness (QED) is 0.720. The Morgan fingerprint density at radius 3 is 2.50 bits per heavy atom. The lowest BCUT2D eigenvalue weighted by atomic mass is 9.90. The van der Waals surface area contributed by atoms with E-state index in [1.807, 2.05) is 13.8 Å². The Bertz CT molecular complexity index is 635. The lowest BCUT2D eigenvalue weighted by Gasteiger charge is -2.28. The molecular weight excluding hydrogens is 335 g/mol. The van der Waals surface area contributed by atoms with E-state index in [4.69, 9.17) is 5.73 Å². The van der Waals surface area contributed by atoms with Crippen molar-refractivity contribution in [1.29, 1.82) is 0 Å². The summed E-state index contributed by atoms with van der Waals surface area (Å²) < 4.78 is 12.9. The molecule has 4 N–H and O–H groups in total. The van der Waals surface area contributed by atoms with E-state index >= 15 is 0 Å². The first-order valence-corrected chi connectivity index (χ1v) is 9.02. The van der Waals surface area contributed by atoms with Crippen LogP contribution in [0.3, 0.4) is 0 Å². The fourth-order valence-corrected chi connectivity index (χ4v) is 3.07. The number of hydrogen-bond acceptors (Lipinski definition) is 3. The SMILES string of the molecule is CC(C)C(NC(=O)NCc1ccc(F)cc1)C(=O)N1CCC(C)(CN)C1. The summed E-state index contributed by atoms with van der Waals surface area (Å²) in [6, 6.07) is 4.90. The van der Waals surface area contributed by atoms with Crippen LogP contribution in [0.2, 0.25) is 0 Å². The average Bonchev–Trinajstić information content (AvgIpc) is 3.01. The highest BCUT2D eigenvalue weighted by Crippen LogP contribution is 2.29. The molecule has 6 nitrogen and oxygen atoms in total. The normalized spacial score (nSPS) is 20.9. The van der Waals surface area contributed by atoms with Gasteiger partial charge in [-0.25, -0.2) is 9.18 Å². The Morgan fingerprint density at radius 2 is 1.96 bits per heavy atom. The molecule has 0 aliphatic carbocycles. The van der Waals surface area contributed by atoms with E-state index in [0.29, 0.717) is 19.6 Å². The van der Waals surface area contributed by atoms with Crippen LogP contribution in [-0.4, -0.2) is 42.5 Å². The van der Waals surface area contributed by atoms with Crippen LogP contribution in [0.5, 0.6) is 0 Å². The number of amides is 3. The number of rotatable bonds is 6. The minimum atomic E-state index is -0.594. The monoisotopic (exact) mass is 364 g/mol. The zero-order valence-electron chi connectivity index (χ0n) is 15.7. The summed E-state index contributed by atoms with van der Waals surface area (Å²) in [5, 5.41) is 5.49. The molecule has 0 saturated carbocycles. The molecule has 1 aliphatic heterocycles. The molecule has 1 aromatic carbocycles. The molecule has 3 amide bonds. The Hall–Kier alpha value is -2.15. The van der Waals surface area contributed by atoms with Crippen LogP contribution in [0.1, 0.15) is 32.8 Å². The molecule has 1 heterocycles. The van der Waals surface area contributed by atoms with Crippen LogP contribution in [0.25, 0.3) is 0 Å². The van der Waals surface area contributed by atoms with Crippen LogP contribution in [0.4, 0.5) is 9.18 Å². The number of likely N-dealkylation sites (tertiary alicyclic amines) is 1. The van der Waals surface area contributed by atoms with Gasteiger partial charge in [-0.2, -0.15) is 0 Å². The van der Waals surface area contributed by atoms with Gasteiger partial charge in [-0.3, -0.25) is 4.79 Å². The van der Waals surface area contributed by atoms with Crippen molar-refractivity contribution in [3.8, 4) is 0 Å². The Labute approximate surface area is 154 Å². The van der Waals surface area contributed by atoms with Gasteiger partial charge in [0.2, 0.25) is 5.91 Å². The maximum absolute atomic E-state index is 12.9. The fraction of sp³-hybridized carbons (Fsp3) is 0.579. The van der Waals surface area contributed by atoms with Crippen LogP contribution in [0, 0.1) is 17.2 Å². The van der Waals surface area contributed by atoms with Gasteiger partial charge in [0.05, 0.1) is 0 Å². The van der Waals surface area contributed by atoms with Crippen molar-refractivity contribution in [2.45, 2.75) is 39.8 Å². The second kappa shape index (κ2) is 8.49. The summed E-state index contributed by atoms with van der Waals surface area (Å²) in [6.07, 6.45) is 0.872. The first kappa shape index (κ1) is 20.2. The van der Waals surface area contributed by atoms with Crippen molar-refractivity contribution < 1.29 is 14.0 Å². The maximum Gasteiger partial charge on any atom is 0.315 e. The summed E-state index contributed by atoms with van der Waals surface area (Å²) in [4.78, 5) is 26.8. The number of nitrogens with one attached hydrogen (secondary N) is 2. The molecule has 26 heavy (non-hydrogen) atoms. The minimum absolute atomic E-state index is 0.0381. The van der Waals surface area contributed by atoms with Gasteiger partial charge >= 0.3 is 6.03 Å². The highest BCUT2D eigenvalue weighted by atomic mass is 19.1. The van der Waals surface area contributed by atoms with Gasteiger partial charge in [-0.05, 0) is 42.0 Å². The first-order valence-electron chi connectivity index (χ1n) is 9.02. The van der Waals surface area contributed by atoms with Gasteiger partial charge in [-0.1, -0.05) is 32.9 Å². The van der Waals surface area contributed by atoms with E-state index in [-0.39, 0.29) is 29.6 Å². The van der Waals surface area contributed by atoms with Crippen molar-refractivity contribution in [3.63, 3.8) is 0 Å². The second-order valence-corrected chi connectivity index (χ2v) is 7.70. The molecule has 0 aromatic heterocycles. The molecule has 144 valence electrons. The van der Waals surface area contributed by atoms with Gasteiger partial charge in [0, 0.05) is 19.6 Å². The average molecular weight is 364 g/mol. The molecule has 1 saturated heterocycles. The predicted octanol–water partition coefficient (Wildman–Crippen LogP) is 1.85. The highest BCUT2D eigenvalue weighted by Gasteiger charge is 2.38. The van der Waals surface area contributed by atoms with Crippen LogP contribution in [0.15, 0.2) is 24.3 Å². The standard InChI is InChI=1S/C19H29FN4O2/c1-13(2)16(17(25)24-9-8-19(3,11-21)12-24)23-18(26)22-10-14-4-6-15(20)7-5-14/h4-7,13,16H,8-12,21H2,1-3H3,(H2,22,23,26). The lowest BCUT2D eigenvalue weighted by Crippen LogP contribution is -2.53. The van der Waals surface area contributed by atoms with E-state index in [0.717, 1.165) is 12.0 Å². The number of carbonyl (C=O) groups is 2. The van der Waals surface area contributed by atoms with Gasteiger partial charge < -0.3 is 21.3 Å². The number of urea groups is 1. The minimum Gasteiger partial charge on any atom is -0.340 e. The molecule has 1 fully saturated rings. The van der Waals surface area contributed by atoms with Crippen molar-refractivity contribution in [3.05, 3.63) is 35.6 Å². The molecule has 1 aliphatic rings. The zero-order valence-corrected chi connectivity index (χ0v) is 15.7. The van der Waals surface area contributed by atoms with Crippen molar-refractivity contribution in [2.75, 3.05) is 19.6 Å². The Morgan fingerprint density at radius 1 is 1.31 bits per heavy atom. The highest BCUT2D eigenvalue weighted by molar-refractivity contribution is 5.87. The van der Waals surface area contributed by atoms with Crippen LogP contribution >= 0.6 is 0 Å². The predicted molar refractivity (Wildman–Crippen MR) is 98.8 cm³/mol. The molecule has 7 heteroatoms. The number of nitrogens with zero attached hydrogens (tertiary/aromatic N) is 1. The Kier molecular flexibility index (Phi) is 6.58. The van der Waals surface area contributed by atoms with E-state index in [1.165, 1.54) is 12.1 Å². The van der Waals surface area contributed by atoms with Gasteiger partial charge in [-0.15, -0.1) is 0 Å². The first-order chi connectivity index (χ1) is 12.2. The molecule has 2 unspecified atom stereocenters. The summed E-state index contributed by atoms with van der Waals surface area (Å²) in [5.74, 6) is -0.434. The molecular formula is C19H29FN4O2. The van der Waals surface area contributed by atoms with Gasteiger partial charge in [0.25, 0.3) is 0 Å². The number of carbonyl (C=O) groups excluding carboxylic acids is 2. The van der Waals surface area contributed by atoms with Crippen LogP contribution in [-0.2, 0) is 11.3 Å². The van der Waals surface area contributed by atoms with Gasteiger partial charge in [0.15, 0.2) is 0 Å². The summed E-state index contributed by atoms with van der Waals surface area (Å²) in [5.41, 5.74) is 6.54. The lowest BCUT2D eigenvalue weighted by molar-refractivity contribution is -0.133. The molecule has 1 aromatic rings. The van der Waals surface area contributed by atoms with E-state index in [1.54, 1.807) is 17.0 Å². The zero-order chi connectivity index (χ0) is 19.3. The van der Waals surface area contributed by atoms with E-state index in [2.05, 4.69) is 17.6 Å². The van der Waals surface area contributed by atoms with Crippen molar-refractivity contribution in [1.82, 2.24) is 15.5 Å². The third-order valence-corrected chi connectivity index (χ3v) is 4.95. The Balaban J connectivity index is 1.91. The van der Waals surface area contributed by atoms with E-state index < -0.39 is 12.1 Å². The van der Waals surface area contributed by atoms with Crippen LogP contribution < -0.4 is 16.4 Å². The second-order valence-electron chi connectivity index (χ2n) is 7.70. The molecule has 0 bridgehead atoms. The number of benzene rings is 1. The molecule has 0 radical (unpaired) electrons. The number of nitrogens with two attached hydrogens (primary N) is 1. The summed E-state index contributed by atoms with van der Waals surface area (Å²) in [6.45, 7) is 7.96. The largest absolute Gasteiger partial charge is 0.340 e. The smallest absolute Gasteiger partial charge is 0.315 e. The number of halogens is 1. The summed E-state index contributed by atoms with van der Waals surface area (Å²) in [7, 11) is 0. The molecule has 2 rings (SSSR count). The van der Waals surface area contributed by atoms with Gasteiger partial charge in [0.1, 0.15) is 11.9 Å². The van der Waals surface area contributed by atoms with Crippen molar-refractivity contribution in [2.24, 2.45) is 17.1 Å². The maximum atomic E-state index is 12.9. The molecule has 2 atom stereocenters. The topological polar surface area (TPSA) is 87.5 Å². The fourth-order valence-electron chi connectivity index (χ4n) is 3.07. The third kappa shape index (κ3) is 5.17. The van der Waals surface area contributed by atoms with E-state index in [9.17, 15) is 14.0 Å². The third-order valence-electron chi connectivity index (χ3n) is 4.95. The summed E-state index contributed by atoms with van der Waals surface area (Å²) >= 11 is 0. The van der Waals surface area contributed by atoms with Crippen molar-refractivity contribution >= 4 is 11.9 Å².